The Kier molecular flexibility index (Phi) is 5.47. The van der Waals surface area contributed by atoms with E-state index >= 15 is 0 Å². The monoisotopic (exact) mass is 474 g/mol. The lowest BCUT2D eigenvalue weighted by Crippen LogP contribution is -2.27. The van der Waals surface area contributed by atoms with E-state index in [0.717, 1.165) is 33.8 Å². The fourth-order valence-corrected chi connectivity index (χ4v) is 5.51. The van der Waals surface area contributed by atoms with Crippen molar-refractivity contribution in [1.82, 2.24) is 9.47 Å². The predicted octanol–water partition coefficient (Wildman–Crippen LogP) is 7.08. The summed E-state index contributed by atoms with van der Waals surface area (Å²) in [6.45, 7) is 0.997. The molecule has 170 valence electrons. The molecule has 0 atom stereocenters. The topological polar surface area (TPSA) is 42.3 Å². The van der Waals surface area contributed by atoms with Crippen molar-refractivity contribution in [2.45, 2.75) is 13.1 Å². The number of carbonyl (C=O) groups is 2. The molecule has 1 aromatic heterocycles. The quantitative estimate of drug-likeness (QED) is 0.256. The summed E-state index contributed by atoms with van der Waals surface area (Å²) in [4.78, 5) is 27.5. The highest BCUT2D eigenvalue weighted by molar-refractivity contribution is 8.18. The minimum atomic E-state index is -0.241. The first kappa shape index (κ1) is 21.4. The number of rotatable bonds is 5. The van der Waals surface area contributed by atoms with Crippen LogP contribution in [0.15, 0.2) is 108 Å². The molecule has 5 heteroatoms. The number of aromatic nitrogens is 1. The van der Waals surface area contributed by atoms with Gasteiger partial charge in [0, 0.05) is 29.2 Å². The minimum Gasteiger partial charge on any atom is -0.342 e. The lowest BCUT2D eigenvalue weighted by molar-refractivity contribution is -0.123. The molecule has 0 bridgehead atoms. The summed E-state index contributed by atoms with van der Waals surface area (Å²) in [6, 6.07) is 32.6. The summed E-state index contributed by atoms with van der Waals surface area (Å²) in [5, 5.41) is 3.28. The third kappa shape index (κ3) is 4.04. The van der Waals surface area contributed by atoms with Crippen LogP contribution in [0.3, 0.4) is 0 Å². The van der Waals surface area contributed by atoms with Gasteiger partial charge < -0.3 is 4.57 Å². The molecule has 0 unspecified atom stereocenters. The molecule has 1 aliphatic rings. The maximum Gasteiger partial charge on any atom is 0.293 e. The number of thioether (sulfide) groups is 1. The maximum absolute atomic E-state index is 13.1. The Morgan fingerprint density at radius 1 is 0.714 bits per heavy atom. The van der Waals surface area contributed by atoms with Gasteiger partial charge in [0.05, 0.1) is 11.4 Å². The molecular formula is C30H22N2O2S. The van der Waals surface area contributed by atoms with Crippen molar-refractivity contribution in [3.63, 3.8) is 0 Å². The van der Waals surface area contributed by atoms with E-state index in [0.29, 0.717) is 11.4 Å². The zero-order valence-electron chi connectivity index (χ0n) is 18.9. The standard InChI is InChI=1S/C30H22N2O2S/c33-29-28(35-30(34)32(29)18-21-9-2-1-3-10-21)17-24-20-31(27-16-7-6-15-26(24)27)19-23-13-8-12-22-11-4-5-14-25(22)23/h1-17,20H,18-19H2/b28-17-. The Hall–Kier alpha value is -4.09. The summed E-state index contributed by atoms with van der Waals surface area (Å²) < 4.78 is 2.22. The summed E-state index contributed by atoms with van der Waals surface area (Å²) in [5.74, 6) is -0.241. The minimum absolute atomic E-state index is 0.232. The average molecular weight is 475 g/mol. The molecule has 1 fully saturated rings. The molecule has 0 saturated carbocycles. The molecular weight excluding hydrogens is 452 g/mol. The second-order valence-corrected chi connectivity index (χ2v) is 9.61. The van der Waals surface area contributed by atoms with Crippen LogP contribution in [0.25, 0.3) is 27.8 Å². The Morgan fingerprint density at radius 3 is 2.29 bits per heavy atom. The van der Waals surface area contributed by atoms with Gasteiger partial charge in [0.1, 0.15) is 0 Å². The van der Waals surface area contributed by atoms with Crippen LogP contribution in [0.2, 0.25) is 0 Å². The maximum atomic E-state index is 13.1. The number of hydrogen-bond donors (Lipinski definition) is 0. The molecule has 2 heterocycles. The van der Waals surface area contributed by atoms with Gasteiger partial charge in [0.2, 0.25) is 0 Å². The number of benzene rings is 4. The SMILES string of the molecule is O=C1S/C(=C\c2cn(Cc3cccc4ccccc34)c3ccccc23)C(=O)N1Cc1ccccc1. The van der Waals surface area contributed by atoms with Crippen LogP contribution in [0, 0.1) is 0 Å². The van der Waals surface area contributed by atoms with Crippen molar-refractivity contribution in [1.29, 1.82) is 0 Å². The first-order valence-corrected chi connectivity index (χ1v) is 12.3. The molecule has 0 radical (unpaired) electrons. The third-order valence-corrected chi connectivity index (χ3v) is 7.29. The number of para-hydroxylation sites is 1. The Balaban J connectivity index is 1.35. The van der Waals surface area contributed by atoms with Crippen molar-refractivity contribution in [2.75, 3.05) is 0 Å². The van der Waals surface area contributed by atoms with Gasteiger partial charge in [0.25, 0.3) is 11.1 Å². The van der Waals surface area contributed by atoms with E-state index < -0.39 is 0 Å². The van der Waals surface area contributed by atoms with Crippen molar-refractivity contribution >= 4 is 50.7 Å². The number of hydrogen-bond acceptors (Lipinski definition) is 3. The number of nitrogens with zero attached hydrogens (tertiary/aromatic N) is 2. The van der Waals surface area contributed by atoms with Crippen molar-refractivity contribution in [3.8, 4) is 0 Å². The Labute approximate surface area is 207 Å². The molecule has 1 aliphatic heterocycles. The van der Waals surface area contributed by atoms with E-state index in [1.165, 1.54) is 21.2 Å². The van der Waals surface area contributed by atoms with Crippen LogP contribution in [0.5, 0.6) is 0 Å². The highest BCUT2D eigenvalue weighted by Crippen LogP contribution is 2.35. The van der Waals surface area contributed by atoms with E-state index in [2.05, 4.69) is 65.4 Å². The first-order chi connectivity index (χ1) is 17.2. The molecule has 35 heavy (non-hydrogen) atoms. The molecule has 6 rings (SSSR count). The van der Waals surface area contributed by atoms with Gasteiger partial charge in [0.15, 0.2) is 0 Å². The van der Waals surface area contributed by atoms with Crippen molar-refractivity contribution < 1.29 is 9.59 Å². The van der Waals surface area contributed by atoms with E-state index in [-0.39, 0.29) is 17.7 Å². The normalized spacial score (nSPS) is 15.1. The zero-order valence-corrected chi connectivity index (χ0v) is 19.7. The molecule has 1 saturated heterocycles. The second kappa shape index (κ2) is 8.93. The number of carbonyl (C=O) groups excluding carboxylic acids is 2. The van der Waals surface area contributed by atoms with Crippen LogP contribution < -0.4 is 0 Å². The van der Waals surface area contributed by atoms with Gasteiger partial charge >= 0.3 is 0 Å². The van der Waals surface area contributed by atoms with Crippen LogP contribution in [-0.2, 0) is 17.9 Å². The van der Waals surface area contributed by atoms with Crippen LogP contribution in [-0.4, -0.2) is 20.6 Å². The van der Waals surface area contributed by atoms with Crippen LogP contribution >= 0.6 is 11.8 Å². The number of fused-ring (bicyclic) bond motifs is 2. The van der Waals surface area contributed by atoms with E-state index in [1.54, 1.807) is 0 Å². The molecule has 0 N–H and O–H groups in total. The fourth-order valence-electron chi connectivity index (χ4n) is 4.68. The van der Waals surface area contributed by atoms with E-state index in [9.17, 15) is 9.59 Å². The van der Waals surface area contributed by atoms with Crippen molar-refractivity contribution in [2.24, 2.45) is 0 Å². The molecule has 4 nitrogen and oxygen atoms in total. The average Bonchev–Trinajstić information content (AvgIpc) is 3.37. The summed E-state index contributed by atoms with van der Waals surface area (Å²) in [7, 11) is 0. The molecule has 0 spiro atoms. The molecule has 5 aromatic rings. The highest BCUT2D eigenvalue weighted by atomic mass is 32.2. The summed E-state index contributed by atoms with van der Waals surface area (Å²) in [6.07, 6.45) is 3.94. The van der Waals surface area contributed by atoms with Gasteiger partial charge in [-0.1, -0.05) is 91.0 Å². The van der Waals surface area contributed by atoms with Gasteiger partial charge in [-0.05, 0) is 45.8 Å². The number of amides is 2. The largest absolute Gasteiger partial charge is 0.342 e. The zero-order chi connectivity index (χ0) is 23.8. The second-order valence-electron chi connectivity index (χ2n) is 8.62. The predicted molar refractivity (Wildman–Crippen MR) is 143 cm³/mol. The third-order valence-electron chi connectivity index (χ3n) is 6.38. The summed E-state index contributed by atoms with van der Waals surface area (Å²) in [5.41, 5.74) is 4.20. The summed E-state index contributed by atoms with van der Waals surface area (Å²) >= 11 is 1.01. The lowest BCUT2D eigenvalue weighted by atomic mass is 10.0. The smallest absolute Gasteiger partial charge is 0.293 e. The lowest BCUT2D eigenvalue weighted by Gasteiger charge is -2.12. The first-order valence-electron chi connectivity index (χ1n) is 11.5. The van der Waals surface area contributed by atoms with Crippen LogP contribution in [0.1, 0.15) is 16.7 Å². The van der Waals surface area contributed by atoms with E-state index in [4.69, 9.17) is 0 Å². The van der Waals surface area contributed by atoms with Crippen LogP contribution in [0.4, 0.5) is 4.79 Å². The number of imide groups is 1. The Morgan fingerprint density at radius 2 is 1.43 bits per heavy atom. The molecule has 4 aromatic carbocycles. The van der Waals surface area contributed by atoms with Crippen molar-refractivity contribution in [3.05, 3.63) is 125 Å². The molecule has 0 aliphatic carbocycles. The van der Waals surface area contributed by atoms with Gasteiger partial charge in [-0.25, -0.2) is 0 Å². The fraction of sp³-hybridized carbons (Fsp3) is 0.0667. The van der Waals surface area contributed by atoms with Gasteiger partial charge in [-0.3, -0.25) is 14.5 Å². The Bertz CT molecular complexity index is 1610. The van der Waals surface area contributed by atoms with E-state index in [1.807, 2.05) is 48.5 Å². The molecule has 2 amide bonds. The van der Waals surface area contributed by atoms with Gasteiger partial charge in [-0.2, -0.15) is 0 Å². The van der Waals surface area contributed by atoms with Gasteiger partial charge in [-0.15, -0.1) is 0 Å². The highest BCUT2D eigenvalue weighted by Gasteiger charge is 2.35.